The molecule has 4 rings (SSSR count). The smallest absolute Gasteiger partial charge is 0.256 e. The van der Waals surface area contributed by atoms with E-state index in [1.54, 1.807) is 35.2 Å². The van der Waals surface area contributed by atoms with E-state index in [0.717, 1.165) is 0 Å². The number of fused-ring (bicyclic) bond motifs is 1. The zero-order valence-corrected chi connectivity index (χ0v) is 21.1. The minimum atomic E-state index is -2.21. The highest BCUT2D eigenvalue weighted by Crippen LogP contribution is 2.42. The Morgan fingerprint density at radius 2 is 1.94 bits per heavy atom. The van der Waals surface area contributed by atoms with E-state index in [1.165, 1.54) is 6.33 Å². The van der Waals surface area contributed by atoms with Crippen LogP contribution in [-0.2, 0) is 9.16 Å². The molecule has 0 bridgehead atoms. The number of hydrogen-bond acceptors (Lipinski definition) is 8. The molecule has 0 saturated carbocycles. The highest BCUT2D eigenvalue weighted by molar-refractivity contribution is 6.74. The highest BCUT2D eigenvalue weighted by atomic mass is 28.4. The van der Waals surface area contributed by atoms with Crippen molar-refractivity contribution < 1.29 is 19.1 Å². The van der Waals surface area contributed by atoms with Crippen LogP contribution < -0.4 is 11.1 Å². The summed E-state index contributed by atoms with van der Waals surface area (Å²) in [7, 11) is -2.21. The van der Waals surface area contributed by atoms with Crippen molar-refractivity contribution in [2.75, 3.05) is 11.9 Å². The third kappa shape index (κ3) is 4.49. The fourth-order valence-electron chi connectivity index (χ4n) is 3.69. The average Bonchev–Trinajstić information content (AvgIpc) is 3.35. The number of aliphatic hydroxyl groups is 1. The summed E-state index contributed by atoms with van der Waals surface area (Å²) in [6.45, 7) is 10.5. The molecule has 1 amide bonds. The Labute approximate surface area is 199 Å². The van der Waals surface area contributed by atoms with Gasteiger partial charge in [0.25, 0.3) is 5.91 Å². The van der Waals surface area contributed by atoms with Crippen LogP contribution in [0, 0.1) is 0 Å². The Bertz CT molecular complexity index is 1160. The fourth-order valence-corrected chi connectivity index (χ4v) is 5.00. The van der Waals surface area contributed by atoms with Crippen molar-refractivity contribution in [1.29, 1.82) is 0 Å². The fraction of sp³-hybridized carbons (Fsp3) is 0.478. The lowest BCUT2D eigenvalue weighted by Crippen LogP contribution is -2.51. The molecule has 0 aliphatic carbocycles. The lowest BCUT2D eigenvalue weighted by Gasteiger charge is -2.40. The first-order valence-electron chi connectivity index (χ1n) is 11.3. The number of rotatable bonds is 6. The molecule has 3 aromatic rings. The van der Waals surface area contributed by atoms with E-state index >= 15 is 0 Å². The Morgan fingerprint density at radius 1 is 1.24 bits per heavy atom. The summed E-state index contributed by atoms with van der Waals surface area (Å²) in [6, 6.07) is 8.34. The molecule has 1 fully saturated rings. The van der Waals surface area contributed by atoms with Gasteiger partial charge in [-0.1, -0.05) is 39.0 Å². The molecule has 1 aromatic carbocycles. The van der Waals surface area contributed by atoms with Gasteiger partial charge in [-0.25, -0.2) is 15.0 Å². The average molecular weight is 485 g/mol. The molecular formula is C23H32N6O4Si. The second kappa shape index (κ2) is 9.15. The monoisotopic (exact) mass is 484 g/mol. The summed E-state index contributed by atoms with van der Waals surface area (Å²) in [5, 5.41) is 12.6. The van der Waals surface area contributed by atoms with Crippen molar-refractivity contribution in [3.05, 3.63) is 48.5 Å². The van der Waals surface area contributed by atoms with E-state index in [0.29, 0.717) is 22.5 Å². The third-order valence-corrected chi connectivity index (χ3v) is 11.2. The van der Waals surface area contributed by atoms with Gasteiger partial charge >= 0.3 is 0 Å². The Kier molecular flexibility index (Phi) is 6.58. The van der Waals surface area contributed by atoms with Crippen molar-refractivity contribution in [2.45, 2.75) is 63.4 Å². The van der Waals surface area contributed by atoms with Gasteiger partial charge < -0.3 is 25.3 Å². The van der Waals surface area contributed by atoms with Crippen molar-refractivity contribution in [2.24, 2.45) is 5.73 Å². The molecule has 182 valence electrons. The van der Waals surface area contributed by atoms with Gasteiger partial charge in [0.05, 0.1) is 19.0 Å². The lowest BCUT2D eigenvalue weighted by atomic mass is 10.1. The largest absolute Gasteiger partial charge is 0.408 e. The summed E-state index contributed by atoms with van der Waals surface area (Å²) < 4.78 is 14.5. The third-order valence-electron chi connectivity index (χ3n) is 6.72. The van der Waals surface area contributed by atoms with E-state index in [2.05, 4.69) is 54.1 Å². The van der Waals surface area contributed by atoms with Gasteiger partial charge in [-0.3, -0.25) is 9.36 Å². The first-order valence-corrected chi connectivity index (χ1v) is 14.2. The maximum Gasteiger partial charge on any atom is 0.256 e. The minimum absolute atomic E-state index is 0.0391. The number of anilines is 1. The summed E-state index contributed by atoms with van der Waals surface area (Å²) in [5.74, 6) is -0.00533. The SMILES string of the molecule is CC(C)(C)[Si](C)(C)O[C@@H]1[C@H](N)[C@@H](CO)O[C@H]1n1cnc2c(NC(=O)c3ccccc3)ncnc21. The predicted octanol–water partition coefficient (Wildman–Crippen LogP) is 2.69. The summed E-state index contributed by atoms with van der Waals surface area (Å²) in [4.78, 5) is 25.7. The van der Waals surface area contributed by atoms with Crippen LogP contribution in [0.3, 0.4) is 0 Å². The molecule has 1 aliphatic rings. The maximum absolute atomic E-state index is 12.7. The van der Waals surface area contributed by atoms with Gasteiger partial charge in [0, 0.05) is 5.56 Å². The Morgan fingerprint density at radius 3 is 2.59 bits per heavy atom. The van der Waals surface area contributed by atoms with Crippen LogP contribution in [0.4, 0.5) is 5.82 Å². The number of nitrogens with zero attached hydrogens (tertiary/aromatic N) is 4. The number of benzene rings is 1. The van der Waals surface area contributed by atoms with E-state index < -0.39 is 32.8 Å². The van der Waals surface area contributed by atoms with Gasteiger partial charge in [-0.15, -0.1) is 0 Å². The van der Waals surface area contributed by atoms with Crippen LogP contribution in [0.2, 0.25) is 18.1 Å². The molecule has 11 heteroatoms. The quantitative estimate of drug-likeness (QED) is 0.454. The lowest BCUT2D eigenvalue weighted by molar-refractivity contribution is -0.0462. The second-order valence-electron chi connectivity index (χ2n) is 10.0. The molecule has 2 aromatic heterocycles. The van der Waals surface area contributed by atoms with Crippen molar-refractivity contribution in [3.63, 3.8) is 0 Å². The molecule has 4 atom stereocenters. The summed E-state index contributed by atoms with van der Waals surface area (Å²) in [6.07, 6.45) is 1.21. The number of carbonyl (C=O) groups is 1. The normalized spacial score (nSPS) is 23.4. The molecule has 0 spiro atoms. The molecule has 10 nitrogen and oxygen atoms in total. The molecule has 34 heavy (non-hydrogen) atoms. The molecule has 0 radical (unpaired) electrons. The van der Waals surface area contributed by atoms with E-state index in [1.807, 2.05) is 6.07 Å². The topological polar surface area (TPSA) is 137 Å². The standard InChI is InChI=1S/C23H32N6O4Si/c1-23(2,3)34(4,5)33-18-16(24)15(11-30)32-22(18)29-13-27-17-19(25-12-26-20(17)29)28-21(31)14-9-7-6-8-10-14/h6-10,12-13,15-16,18,22,30H,11,24H2,1-5H3,(H,25,26,28,31)/t15-,16-,18-,22-/m1/s1. The number of nitrogens with one attached hydrogen (secondary N) is 1. The number of imidazole rings is 1. The number of aliphatic hydroxyl groups excluding tert-OH is 1. The van der Waals surface area contributed by atoms with Crippen LogP contribution in [0.5, 0.6) is 0 Å². The molecule has 0 unspecified atom stereocenters. The molecule has 4 N–H and O–H groups in total. The van der Waals surface area contributed by atoms with Gasteiger partial charge in [0.2, 0.25) is 0 Å². The number of ether oxygens (including phenoxy) is 1. The van der Waals surface area contributed by atoms with E-state index in [9.17, 15) is 9.90 Å². The predicted molar refractivity (Wildman–Crippen MR) is 131 cm³/mol. The van der Waals surface area contributed by atoms with Crippen LogP contribution in [0.1, 0.15) is 37.4 Å². The van der Waals surface area contributed by atoms with Gasteiger partial charge in [0.1, 0.15) is 18.5 Å². The number of carbonyl (C=O) groups excluding carboxylic acids is 1. The van der Waals surface area contributed by atoms with Crippen molar-refractivity contribution in [1.82, 2.24) is 19.5 Å². The van der Waals surface area contributed by atoms with Crippen LogP contribution in [-0.4, -0.2) is 63.7 Å². The number of nitrogens with two attached hydrogens (primary N) is 1. The zero-order valence-electron chi connectivity index (χ0n) is 20.1. The number of hydrogen-bond donors (Lipinski definition) is 3. The molecule has 1 saturated heterocycles. The Hall–Kier alpha value is -2.70. The minimum Gasteiger partial charge on any atom is -0.408 e. The van der Waals surface area contributed by atoms with Gasteiger partial charge in [0.15, 0.2) is 31.5 Å². The maximum atomic E-state index is 12.7. The first-order chi connectivity index (χ1) is 16.0. The Balaban J connectivity index is 1.68. The van der Waals surface area contributed by atoms with Crippen LogP contribution in [0.25, 0.3) is 11.2 Å². The number of aromatic nitrogens is 4. The first kappa shape index (κ1) is 24.4. The van der Waals surface area contributed by atoms with Gasteiger partial charge in [-0.2, -0.15) is 0 Å². The molecule has 3 heterocycles. The van der Waals surface area contributed by atoms with E-state index in [4.69, 9.17) is 14.9 Å². The van der Waals surface area contributed by atoms with Crippen molar-refractivity contribution in [3.8, 4) is 0 Å². The molecule has 1 aliphatic heterocycles. The number of amides is 1. The zero-order chi connectivity index (χ0) is 24.7. The summed E-state index contributed by atoms with van der Waals surface area (Å²) in [5.41, 5.74) is 7.87. The van der Waals surface area contributed by atoms with Gasteiger partial charge in [-0.05, 0) is 30.3 Å². The second-order valence-corrected chi connectivity index (χ2v) is 14.8. The van der Waals surface area contributed by atoms with Crippen LogP contribution >= 0.6 is 0 Å². The molecular weight excluding hydrogens is 452 g/mol. The van der Waals surface area contributed by atoms with E-state index in [-0.39, 0.29) is 17.6 Å². The van der Waals surface area contributed by atoms with Crippen molar-refractivity contribution >= 4 is 31.2 Å². The van der Waals surface area contributed by atoms with Crippen LogP contribution in [0.15, 0.2) is 43.0 Å². The summed E-state index contributed by atoms with van der Waals surface area (Å²) >= 11 is 0. The highest BCUT2D eigenvalue weighted by Gasteiger charge is 2.49.